The van der Waals surface area contributed by atoms with Crippen molar-refractivity contribution in [3.8, 4) is 17.1 Å². The normalized spacial score (nSPS) is 14.2. The molecule has 0 amide bonds. The zero-order valence-electron chi connectivity index (χ0n) is 15.5. The molecule has 0 saturated carbocycles. The molecule has 0 bridgehead atoms. The van der Waals surface area contributed by atoms with Crippen molar-refractivity contribution in [2.45, 2.75) is 0 Å². The predicted molar refractivity (Wildman–Crippen MR) is 110 cm³/mol. The van der Waals surface area contributed by atoms with Crippen LogP contribution in [0.2, 0.25) is 0 Å². The van der Waals surface area contributed by atoms with Gasteiger partial charge in [0.15, 0.2) is 17.9 Å². The number of aromatic nitrogens is 3. The number of aldehydes is 1. The summed E-state index contributed by atoms with van der Waals surface area (Å²) in [4.78, 5) is 27.3. The van der Waals surface area contributed by atoms with Crippen LogP contribution in [0.4, 0.5) is 5.82 Å². The topological polar surface area (TPSA) is 77.4 Å². The maximum absolute atomic E-state index is 11.2. The van der Waals surface area contributed by atoms with Crippen LogP contribution in [0.3, 0.4) is 0 Å². The van der Waals surface area contributed by atoms with Crippen LogP contribution in [0, 0.1) is 0 Å². The molecule has 144 valence electrons. The second-order valence-corrected chi connectivity index (χ2v) is 7.12. The minimum atomic E-state index is 0.488. The van der Waals surface area contributed by atoms with Crippen LogP contribution in [0.5, 0.6) is 5.75 Å². The first kappa shape index (κ1) is 18.6. The number of ether oxygens (including phenoxy) is 2. The highest BCUT2D eigenvalue weighted by molar-refractivity contribution is 7.98. The fourth-order valence-electron chi connectivity index (χ4n) is 3.06. The van der Waals surface area contributed by atoms with E-state index in [1.54, 1.807) is 24.0 Å². The Hall–Kier alpha value is -2.71. The molecule has 1 aliphatic rings. The van der Waals surface area contributed by atoms with E-state index >= 15 is 0 Å². The Balaban J connectivity index is 1.82. The number of morpholine rings is 1. The van der Waals surface area contributed by atoms with E-state index in [0.717, 1.165) is 36.5 Å². The van der Waals surface area contributed by atoms with E-state index in [0.29, 0.717) is 41.6 Å². The van der Waals surface area contributed by atoms with Gasteiger partial charge in [-0.1, -0.05) is 12.1 Å². The van der Waals surface area contributed by atoms with Crippen molar-refractivity contribution < 1.29 is 14.3 Å². The highest BCUT2D eigenvalue weighted by Gasteiger charge is 2.19. The average molecular weight is 396 g/mol. The quantitative estimate of drug-likeness (QED) is 0.465. The van der Waals surface area contributed by atoms with Gasteiger partial charge in [0.2, 0.25) is 0 Å². The lowest BCUT2D eigenvalue weighted by molar-refractivity contribution is 0.112. The van der Waals surface area contributed by atoms with Gasteiger partial charge in [0, 0.05) is 30.4 Å². The van der Waals surface area contributed by atoms with Gasteiger partial charge in [-0.3, -0.25) is 4.79 Å². The average Bonchev–Trinajstić information content (AvgIpc) is 2.77. The number of hydrogen-bond acceptors (Lipinski definition) is 8. The number of pyridine rings is 1. The van der Waals surface area contributed by atoms with E-state index in [4.69, 9.17) is 14.5 Å². The molecular formula is C20H20N4O3S. The van der Waals surface area contributed by atoms with Gasteiger partial charge in [-0.05, 0) is 24.5 Å². The Morgan fingerprint density at radius 2 is 2.11 bits per heavy atom. The fourth-order valence-corrected chi connectivity index (χ4v) is 3.31. The van der Waals surface area contributed by atoms with Gasteiger partial charge >= 0.3 is 0 Å². The van der Waals surface area contributed by atoms with Crippen LogP contribution in [0.25, 0.3) is 22.4 Å². The van der Waals surface area contributed by atoms with E-state index in [1.807, 2.05) is 30.5 Å². The molecule has 7 nitrogen and oxygen atoms in total. The van der Waals surface area contributed by atoms with Gasteiger partial charge in [-0.2, -0.15) is 0 Å². The Labute approximate surface area is 167 Å². The summed E-state index contributed by atoms with van der Waals surface area (Å²) in [6.07, 6.45) is 4.32. The molecule has 4 rings (SSSR count). The summed E-state index contributed by atoms with van der Waals surface area (Å²) in [5.74, 6) is 2.68. The summed E-state index contributed by atoms with van der Waals surface area (Å²) in [6, 6.07) is 9.46. The molecule has 8 heteroatoms. The summed E-state index contributed by atoms with van der Waals surface area (Å²) >= 11 is 1.61. The number of benzene rings is 1. The first-order valence-electron chi connectivity index (χ1n) is 8.96. The molecule has 28 heavy (non-hydrogen) atoms. The van der Waals surface area contributed by atoms with Gasteiger partial charge in [0.05, 0.1) is 18.7 Å². The van der Waals surface area contributed by atoms with E-state index in [2.05, 4.69) is 14.9 Å². The molecule has 3 heterocycles. The Kier molecular flexibility index (Phi) is 5.68. The molecule has 0 radical (unpaired) electrons. The zero-order valence-corrected chi connectivity index (χ0v) is 16.3. The van der Waals surface area contributed by atoms with Gasteiger partial charge in [0.1, 0.15) is 17.2 Å². The number of hydrogen-bond donors (Lipinski definition) is 0. The second-order valence-electron chi connectivity index (χ2n) is 6.30. The molecule has 1 aromatic carbocycles. The van der Waals surface area contributed by atoms with E-state index in [1.165, 1.54) is 0 Å². The van der Waals surface area contributed by atoms with Crippen LogP contribution in [0.1, 0.15) is 10.4 Å². The van der Waals surface area contributed by atoms with Crippen LogP contribution in [-0.2, 0) is 4.74 Å². The maximum atomic E-state index is 11.2. The van der Waals surface area contributed by atoms with Crippen molar-refractivity contribution in [3.63, 3.8) is 0 Å². The Morgan fingerprint density at radius 3 is 2.89 bits per heavy atom. The van der Waals surface area contributed by atoms with Crippen LogP contribution < -0.4 is 9.64 Å². The molecular weight excluding hydrogens is 376 g/mol. The number of rotatable bonds is 6. The van der Waals surface area contributed by atoms with Crippen molar-refractivity contribution >= 4 is 34.9 Å². The molecule has 0 unspecified atom stereocenters. The second kappa shape index (κ2) is 8.53. The number of carbonyl (C=O) groups excluding carboxylic acids is 1. The molecule has 0 aliphatic carbocycles. The summed E-state index contributed by atoms with van der Waals surface area (Å²) < 4.78 is 11.2. The van der Waals surface area contributed by atoms with E-state index < -0.39 is 0 Å². The molecule has 0 spiro atoms. The third-order valence-corrected chi connectivity index (χ3v) is 4.77. The highest BCUT2D eigenvalue weighted by Crippen LogP contribution is 2.29. The number of anilines is 1. The molecule has 1 fully saturated rings. The lowest BCUT2D eigenvalue weighted by atomic mass is 10.2. The minimum absolute atomic E-state index is 0.488. The van der Waals surface area contributed by atoms with Gasteiger partial charge in [-0.15, -0.1) is 11.8 Å². The maximum Gasteiger partial charge on any atom is 0.162 e. The summed E-state index contributed by atoms with van der Waals surface area (Å²) in [7, 11) is 0. The van der Waals surface area contributed by atoms with E-state index in [-0.39, 0.29) is 0 Å². The lowest BCUT2D eigenvalue weighted by Gasteiger charge is -2.28. The van der Waals surface area contributed by atoms with Crippen molar-refractivity contribution in [3.05, 3.63) is 42.1 Å². The Morgan fingerprint density at radius 1 is 1.25 bits per heavy atom. The van der Waals surface area contributed by atoms with E-state index in [9.17, 15) is 4.79 Å². The van der Waals surface area contributed by atoms with Crippen molar-refractivity contribution in [1.29, 1.82) is 0 Å². The van der Waals surface area contributed by atoms with Gasteiger partial charge in [-0.25, -0.2) is 15.0 Å². The van der Waals surface area contributed by atoms with Gasteiger partial charge < -0.3 is 14.4 Å². The number of nitrogens with zero attached hydrogens (tertiary/aromatic N) is 4. The lowest BCUT2D eigenvalue weighted by Crippen LogP contribution is -2.37. The first-order chi connectivity index (χ1) is 13.8. The monoisotopic (exact) mass is 396 g/mol. The van der Waals surface area contributed by atoms with Crippen LogP contribution in [0.15, 0.2) is 36.5 Å². The first-order valence-corrected chi connectivity index (χ1v) is 10.4. The zero-order chi connectivity index (χ0) is 19.3. The van der Waals surface area contributed by atoms with Crippen molar-refractivity contribution in [2.24, 2.45) is 0 Å². The fraction of sp³-hybridized carbons (Fsp3) is 0.300. The third-order valence-electron chi connectivity index (χ3n) is 4.42. The number of carbonyl (C=O) groups is 1. The molecule has 1 saturated heterocycles. The largest absolute Gasteiger partial charge is 0.483 e. The van der Waals surface area contributed by atoms with Crippen molar-refractivity contribution in [2.75, 3.05) is 43.4 Å². The van der Waals surface area contributed by atoms with Crippen LogP contribution in [-0.4, -0.2) is 59.7 Å². The molecule has 2 aromatic heterocycles. The molecule has 3 aromatic rings. The SMILES string of the molecule is CSCOc1cccc(-c2nc(N3CCOCC3)c3ncc(C=O)cc3n2)c1. The molecule has 0 N–H and O–H groups in total. The van der Waals surface area contributed by atoms with Gasteiger partial charge in [0.25, 0.3) is 0 Å². The molecule has 1 aliphatic heterocycles. The number of thioether (sulfide) groups is 1. The standard InChI is InChI=1S/C20H20N4O3S/c1-28-13-27-16-4-2-3-15(10-16)19-22-17-9-14(12-25)11-21-18(17)20(23-19)24-5-7-26-8-6-24/h2-4,9-12H,5-8,13H2,1H3. The van der Waals surface area contributed by atoms with Crippen LogP contribution >= 0.6 is 11.8 Å². The highest BCUT2D eigenvalue weighted by atomic mass is 32.2. The minimum Gasteiger partial charge on any atom is -0.483 e. The Bertz CT molecular complexity index is 992. The third kappa shape index (κ3) is 3.93. The number of fused-ring (bicyclic) bond motifs is 1. The molecule has 0 atom stereocenters. The summed E-state index contributed by atoms with van der Waals surface area (Å²) in [5, 5.41) is 0. The summed E-state index contributed by atoms with van der Waals surface area (Å²) in [5.41, 5.74) is 2.67. The summed E-state index contributed by atoms with van der Waals surface area (Å²) in [6.45, 7) is 2.76. The van der Waals surface area contributed by atoms with Crippen molar-refractivity contribution in [1.82, 2.24) is 15.0 Å². The predicted octanol–water partition coefficient (Wildman–Crippen LogP) is 3.04. The smallest absolute Gasteiger partial charge is 0.162 e.